The Kier molecular flexibility index (Phi) is 6.90. The number of nitrogens with one attached hydrogen (secondary N) is 2. The monoisotopic (exact) mass is 408 g/mol. The Hall–Kier alpha value is -1.59. The van der Waals surface area contributed by atoms with Crippen molar-refractivity contribution in [1.82, 2.24) is 10.6 Å². The Morgan fingerprint density at radius 1 is 1.03 bits per heavy atom. The van der Waals surface area contributed by atoms with Gasteiger partial charge in [-0.2, -0.15) is 4.39 Å². The number of halogens is 1. The van der Waals surface area contributed by atoms with Crippen LogP contribution in [-0.2, 0) is 9.53 Å². The minimum atomic E-state index is -0.902. The van der Waals surface area contributed by atoms with E-state index in [4.69, 9.17) is 4.74 Å². The van der Waals surface area contributed by atoms with Gasteiger partial charge in [0.1, 0.15) is 5.60 Å². The number of allylic oxidation sites excluding steroid dienone is 1. The first-order chi connectivity index (χ1) is 13.6. The van der Waals surface area contributed by atoms with E-state index in [9.17, 15) is 14.0 Å². The number of hydrogen-bond donors (Lipinski definition) is 2. The molecular formula is C23H37FN2O3. The van der Waals surface area contributed by atoms with Gasteiger partial charge in [0, 0.05) is 12.1 Å². The lowest BCUT2D eigenvalue weighted by molar-refractivity contribution is -0.151. The van der Waals surface area contributed by atoms with Crippen LogP contribution >= 0.6 is 0 Å². The summed E-state index contributed by atoms with van der Waals surface area (Å²) in [7, 11) is 0. The molecule has 5 nitrogen and oxygen atoms in total. The van der Waals surface area contributed by atoms with Crippen molar-refractivity contribution in [2.75, 3.05) is 6.54 Å². The van der Waals surface area contributed by atoms with Gasteiger partial charge in [-0.25, -0.2) is 9.59 Å². The highest BCUT2D eigenvalue weighted by Gasteiger charge is 2.51. The van der Waals surface area contributed by atoms with Crippen LogP contribution in [0.5, 0.6) is 0 Å². The molecular weight excluding hydrogens is 371 g/mol. The summed E-state index contributed by atoms with van der Waals surface area (Å²) < 4.78 is 18.7. The van der Waals surface area contributed by atoms with Crippen LogP contribution in [0, 0.1) is 17.8 Å². The van der Waals surface area contributed by atoms with E-state index in [2.05, 4.69) is 10.6 Å². The van der Waals surface area contributed by atoms with Gasteiger partial charge in [-0.15, -0.1) is 0 Å². The fourth-order valence-electron chi connectivity index (χ4n) is 5.84. The molecule has 0 saturated heterocycles. The molecule has 4 aliphatic carbocycles. The molecule has 4 bridgehead atoms. The summed E-state index contributed by atoms with van der Waals surface area (Å²) in [6.07, 6.45) is 11.8. The normalized spacial score (nSPS) is 30.9. The van der Waals surface area contributed by atoms with Gasteiger partial charge in [-0.1, -0.05) is 6.42 Å². The first-order valence-corrected chi connectivity index (χ1v) is 11.3. The summed E-state index contributed by atoms with van der Waals surface area (Å²) in [4.78, 5) is 23.9. The highest BCUT2D eigenvalue weighted by molar-refractivity contribution is 5.86. The lowest BCUT2D eigenvalue weighted by Crippen LogP contribution is -2.61. The highest BCUT2D eigenvalue weighted by atomic mass is 19.1. The van der Waals surface area contributed by atoms with E-state index in [1.807, 2.05) is 0 Å². The lowest BCUT2D eigenvalue weighted by Gasteiger charge is -2.56. The molecule has 4 rings (SSSR count). The van der Waals surface area contributed by atoms with Crippen molar-refractivity contribution < 1.29 is 18.7 Å². The van der Waals surface area contributed by atoms with Crippen molar-refractivity contribution in [3.8, 4) is 0 Å². The first kappa shape index (κ1) is 22.1. The maximum absolute atomic E-state index is 13.7. The number of carbonyl (C=O) groups is 2. The Morgan fingerprint density at radius 2 is 1.62 bits per heavy atom. The second-order valence-electron chi connectivity index (χ2n) is 10.5. The van der Waals surface area contributed by atoms with Crippen LogP contribution in [0.3, 0.4) is 0 Å². The second kappa shape index (κ2) is 9.05. The number of ether oxygens (including phenoxy) is 1. The average Bonchev–Trinajstić information content (AvgIpc) is 2.57. The number of rotatable bonds is 8. The van der Waals surface area contributed by atoms with E-state index in [1.54, 1.807) is 20.8 Å². The van der Waals surface area contributed by atoms with Crippen LogP contribution in [0.15, 0.2) is 11.9 Å². The van der Waals surface area contributed by atoms with Crippen molar-refractivity contribution in [3.63, 3.8) is 0 Å². The van der Waals surface area contributed by atoms with E-state index >= 15 is 0 Å². The lowest BCUT2D eigenvalue weighted by atomic mass is 9.53. The number of hydrogen-bond acceptors (Lipinski definition) is 3. The fraction of sp³-hybridized carbons (Fsp3) is 0.826. The Morgan fingerprint density at radius 3 is 2.17 bits per heavy atom. The molecule has 0 aromatic carbocycles. The summed E-state index contributed by atoms with van der Waals surface area (Å²) in [5.41, 5.74) is -0.645. The first-order valence-electron chi connectivity index (χ1n) is 11.3. The quantitative estimate of drug-likeness (QED) is 0.337. The van der Waals surface area contributed by atoms with Gasteiger partial charge < -0.3 is 15.4 Å². The largest absolute Gasteiger partial charge is 0.455 e. The van der Waals surface area contributed by atoms with Crippen LogP contribution in [0.4, 0.5) is 9.18 Å². The van der Waals surface area contributed by atoms with Crippen molar-refractivity contribution in [2.24, 2.45) is 17.8 Å². The van der Waals surface area contributed by atoms with Crippen LogP contribution in [0.2, 0.25) is 0 Å². The molecule has 164 valence electrons. The minimum absolute atomic E-state index is 0.0391. The summed E-state index contributed by atoms with van der Waals surface area (Å²) in [6, 6.07) is -0.0391. The van der Waals surface area contributed by atoms with E-state index < -0.39 is 17.4 Å². The van der Waals surface area contributed by atoms with Gasteiger partial charge in [0.25, 0.3) is 0 Å². The minimum Gasteiger partial charge on any atom is -0.455 e. The summed E-state index contributed by atoms with van der Waals surface area (Å²) in [5, 5.41) is 6.30. The zero-order valence-corrected chi connectivity index (χ0v) is 18.2. The highest BCUT2D eigenvalue weighted by Crippen LogP contribution is 2.55. The predicted molar refractivity (Wildman–Crippen MR) is 111 cm³/mol. The van der Waals surface area contributed by atoms with Crippen molar-refractivity contribution >= 4 is 12.0 Å². The van der Waals surface area contributed by atoms with Gasteiger partial charge in [-0.3, -0.25) is 0 Å². The number of esters is 1. The third-order valence-corrected chi connectivity index (χ3v) is 6.50. The summed E-state index contributed by atoms with van der Waals surface area (Å²) in [5.74, 6) is 0.718. The molecule has 0 spiro atoms. The summed E-state index contributed by atoms with van der Waals surface area (Å²) in [6.45, 7) is 5.76. The number of carbonyl (C=O) groups excluding carboxylic acids is 2. The van der Waals surface area contributed by atoms with Crippen molar-refractivity contribution in [2.45, 2.75) is 96.1 Å². The van der Waals surface area contributed by atoms with Gasteiger partial charge in [-0.05, 0) is 102 Å². The van der Waals surface area contributed by atoms with E-state index in [-0.39, 0.29) is 11.6 Å². The van der Waals surface area contributed by atoms with Gasteiger partial charge in [0.05, 0.1) is 0 Å². The van der Waals surface area contributed by atoms with Crippen LogP contribution < -0.4 is 10.6 Å². The van der Waals surface area contributed by atoms with Crippen LogP contribution in [0.25, 0.3) is 0 Å². The molecule has 0 aliphatic heterocycles. The molecule has 2 N–H and O–H groups in total. The zero-order chi connectivity index (χ0) is 21.1. The van der Waals surface area contributed by atoms with Crippen LogP contribution in [-0.4, -0.2) is 29.7 Å². The molecule has 4 saturated carbocycles. The van der Waals surface area contributed by atoms with Gasteiger partial charge >= 0.3 is 12.0 Å². The molecule has 29 heavy (non-hydrogen) atoms. The van der Waals surface area contributed by atoms with E-state index in [0.29, 0.717) is 13.0 Å². The third kappa shape index (κ3) is 6.45. The zero-order valence-electron chi connectivity index (χ0n) is 18.2. The molecule has 0 radical (unpaired) electrons. The fourth-order valence-corrected chi connectivity index (χ4v) is 5.84. The molecule has 2 amide bonds. The molecule has 4 aliphatic rings. The molecule has 0 unspecified atom stereocenters. The number of amides is 2. The Labute approximate surface area is 174 Å². The third-order valence-electron chi connectivity index (χ3n) is 6.50. The van der Waals surface area contributed by atoms with Gasteiger partial charge in [0.2, 0.25) is 5.83 Å². The SMILES string of the molecule is CC(C)(C)OC(=O)C(F)=CCCCCCNC(=O)NC12CC3CC(CC(C3)C1)C2. The molecule has 6 heteroatoms. The summed E-state index contributed by atoms with van der Waals surface area (Å²) >= 11 is 0. The molecule has 4 fully saturated rings. The Balaban J connectivity index is 1.27. The second-order valence-corrected chi connectivity index (χ2v) is 10.5. The molecule has 0 atom stereocenters. The van der Waals surface area contributed by atoms with E-state index in [0.717, 1.165) is 56.3 Å². The molecule has 0 aromatic rings. The standard InChI is InChI=1S/C23H37FN2O3/c1-22(2,3)29-20(27)19(24)8-6-4-5-7-9-25-21(28)26-23-13-16-10-17(14-23)12-18(11-16)15-23/h8,16-18H,4-7,9-15H2,1-3H3,(H2,25,26,28). The molecule has 0 heterocycles. The maximum Gasteiger partial charge on any atom is 0.367 e. The topological polar surface area (TPSA) is 67.4 Å². The van der Waals surface area contributed by atoms with Gasteiger partial charge in [0.15, 0.2) is 0 Å². The Bertz CT molecular complexity index is 603. The van der Waals surface area contributed by atoms with Crippen molar-refractivity contribution in [1.29, 1.82) is 0 Å². The number of unbranched alkanes of at least 4 members (excludes halogenated alkanes) is 3. The van der Waals surface area contributed by atoms with Crippen molar-refractivity contribution in [3.05, 3.63) is 11.9 Å². The molecule has 0 aromatic heterocycles. The van der Waals surface area contributed by atoms with E-state index in [1.165, 1.54) is 25.3 Å². The maximum atomic E-state index is 13.7. The smallest absolute Gasteiger partial charge is 0.367 e. The predicted octanol–water partition coefficient (Wildman–Crippen LogP) is 5.01. The average molecular weight is 409 g/mol. The number of urea groups is 1. The van der Waals surface area contributed by atoms with Crippen LogP contribution in [0.1, 0.15) is 85.0 Å².